The van der Waals surface area contributed by atoms with Gasteiger partial charge in [0.1, 0.15) is 0 Å². The fourth-order valence-electron chi connectivity index (χ4n) is 2.73. The lowest BCUT2D eigenvalue weighted by Gasteiger charge is -2.27. The van der Waals surface area contributed by atoms with Crippen molar-refractivity contribution in [3.8, 4) is 0 Å². The molecule has 1 aromatic rings. The summed E-state index contributed by atoms with van der Waals surface area (Å²) in [5, 5.41) is 3.64. The Hall–Kier alpha value is -0.980. The summed E-state index contributed by atoms with van der Waals surface area (Å²) in [7, 11) is 0. The Morgan fingerprint density at radius 3 is 2.53 bits per heavy atom. The van der Waals surface area contributed by atoms with Crippen molar-refractivity contribution in [1.82, 2.24) is 0 Å². The second kappa shape index (κ2) is 5.57. The lowest BCUT2D eigenvalue weighted by molar-refractivity contribution is 0.300. The molecule has 1 heteroatoms. The highest BCUT2D eigenvalue weighted by atomic mass is 14.9. The monoisotopic (exact) mass is 231 g/mol. The van der Waals surface area contributed by atoms with Crippen molar-refractivity contribution in [2.75, 3.05) is 11.9 Å². The Labute approximate surface area is 106 Å². The molecule has 0 aliphatic heterocycles. The molecule has 17 heavy (non-hydrogen) atoms. The summed E-state index contributed by atoms with van der Waals surface area (Å²) >= 11 is 0. The van der Waals surface area contributed by atoms with Gasteiger partial charge in [0.2, 0.25) is 0 Å². The highest BCUT2D eigenvalue weighted by Gasteiger charge is 2.17. The summed E-state index contributed by atoms with van der Waals surface area (Å²) in [6.45, 7) is 7.93. The number of rotatable bonds is 3. The molecule has 0 spiro atoms. The summed E-state index contributed by atoms with van der Waals surface area (Å²) in [4.78, 5) is 0. The average molecular weight is 231 g/mol. The first-order valence-corrected chi connectivity index (χ1v) is 6.97. The van der Waals surface area contributed by atoms with Gasteiger partial charge in [-0.1, -0.05) is 31.9 Å². The zero-order chi connectivity index (χ0) is 12.3. The van der Waals surface area contributed by atoms with Crippen LogP contribution in [0.15, 0.2) is 18.2 Å². The Morgan fingerprint density at radius 2 is 1.82 bits per heavy atom. The Balaban J connectivity index is 1.87. The molecule has 1 nitrogen and oxygen atoms in total. The van der Waals surface area contributed by atoms with E-state index in [4.69, 9.17) is 0 Å². The van der Waals surface area contributed by atoms with E-state index in [1.807, 2.05) is 0 Å². The van der Waals surface area contributed by atoms with Gasteiger partial charge in [-0.05, 0) is 55.7 Å². The third-order valence-electron chi connectivity index (χ3n) is 4.32. The van der Waals surface area contributed by atoms with E-state index in [0.717, 1.165) is 18.4 Å². The highest BCUT2D eigenvalue weighted by molar-refractivity contribution is 5.53. The third kappa shape index (κ3) is 3.24. The van der Waals surface area contributed by atoms with E-state index >= 15 is 0 Å². The molecule has 1 fully saturated rings. The van der Waals surface area contributed by atoms with Gasteiger partial charge in [-0.15, -0.1) is 0 Å². The van der Waals surface area contributed by atoms with Crippen LogP contribution >= 0.6 is 0 Å². The molecule has 0 bridgehead atoms. The molecule has 0 saturated heterocycles. The van der Waals surface area contributed by atoms with Crippen LogP contribution in [-0.4, -0.2) is 6.54 Å². The molecule has 2 rings (SSSR count). The maximum Gasteiger partial charge on any atom is 0.0372 e. The van der Waals surface area contributed by atoms with Gasteiger partial charge in [0, 0.05) is 12.2 Å². The maximum absolute atomic E-state index is 3.64. The van der Waals surface area contributed by atoms with E-state index < -0.39 is 0 Å². The van der Waals surface area contributed by atoms with E-state index in [-0.39, 0.29) is 0 Å². The highest BCUT2D eigenvalue weighted by Crippen LogP contribution is 2.29. The van der Waals surface area contributed by atoms with Crippen LogP contribution in [0.25, 0.3) is 0 Å². The lowest BCUT2D eigenvalue weighted by atomic mass is 9.83. The summed E-state index contributed by atoms with van der Waals surface area (Å²) in [6.07, 6.45) is 5.64. The zero-order valence-electron chi connectivity index (χ0n) is 11.4. The zero-order valence-corrected chi connectivity index (χ0v) is 11.4. The molecule has 0 radical (unpaired) electrons. The lowest BCUT2D eigenvalue weighted by Crippen LogP contribution is -2.20. The van der Waals surface area contributed by atoms with Gasteiger partial charge in [0.05, 0.1) is 0 Å². The smallest absolute Gasteiger partial charge is 0.0372 e. The van der Waals surface area contributed by atoms with Gasteiger partial charge < -0.3 is 5.32 Å². The molecule has 0 unspecified atom stereocenters. The van der Waals surface area contributed by atoms with Crippen LogP contribution in [-0.2, 0) is 0 Å². The molecule has 1 saturated carbocycles. The number of hydrogen-bond acceptors (Lipinski definition) is 1. The Kier molecular flexibility index (Phi) is 4.09. The molecule has 1 aliphatic carbocycles. The van der Waals surface area contributed by atoms with Gasteiger partial charge >= 0.3 is 0 Å². The van der Waals surface area contributed by atoms with Crippen molar-refractivity contribution in [2.45, 2.75) is 46.5 Å². The average Bonchev–Trinajstić information content (AvgIpc) is 2.33. The second-order valence-electron chi connectivity index (χ2n) is 5.75. The van der Waals surface area contributed by atoms with Crippen LogP contribution in [0.4, 0.5) is 5.69 Å². The number of aryl methyl sites for hydroxylation is 1. The molecular formula is C16H25N. The predicted molar refractivity (Wildman–Crippen MR) is 75.5 cm³/mol. The Bertz CT molecular complexity index is 362. The van der Waals surface area contributed by atoms with Crippen molar-refractivity contribution in [3.63, 3.8) is 0 Å². The van der Waals surface area contributed by atoms with Crippen LogP contribution < -0.4 is 5.32 Å². The van der Waals surface area contributed by atoms with Crippen molar-refractivity contribution in [2.24, 2.45) is 11.8 Å². The minimum atomic E-state index is 0.881. The molecule has 0 heterocycles. The number of hydrogen-bond donors (Lipinski definition) is 1. The van der Waals surface area contributed by atoms with Crippen LogP contribution in [0.5, 0.6) is 0 Å². The van der Waals surface area contributed by atoms with Crippen LogP contribution in [0.3, 0.4) is 0 Å². The van der Waals surface area contributed by atoms with E-state index in [2.05, 4.69) is 44.3 Å². The van der Waals surface area contributed by atoms with Gasteiger partial charge in [-0.3, -0.25) is 0 Å². The van der Waals surface area contributed by atoms with E-state index in [1.54, 1.807) is 0 Å². The first kappa shape index (κ1) is 12.5. The summed E-state index contributed by atoms with van der Waals surface area (Å²) in [5.41, 5.74) is 4.10. The summed E-state index contributed by atoms with van der Waals surface area (Å²) in [6, 6.07) is 6.53. The van der Waals surface area contributed by atoms with E-state index in [0.29, 0.717) is 0 Å². The molecule has 1 N–H and O–H groups in total. The van der Waals surface area contributed by atoms with Gasteiger partial charge in [0.25, 0.3) is 0 Å². The molecule has 1 aromatic carbocycles. The Morgan fingerprint density at radius 1 is 1.12 bits per heavy atom. The first-order valence-electron chi connectivity index (χ1n) is 6.97. The number of anilines is 1. The second-order valence-corrected chi connectivity index (χ2v) is 5.75. The summed E-state index contributed by atoms with van der Waals surface area (Å²) < 4.78 is 0. The molecule has 94 valence electrons. The van der Waals surface area contributed by atoms with Crippen molar-refractivity contribution in [1.29, 1.82) is 0 Å². The van der Waals surface area contributed by atoms with Gasteiger partial charge in [-0.2, -0.15) is 0 Å². The van der Waals surface area contributed by atoms with Gasteiger partial charge in [-0.25, -0.2) is 0 Å². The van der Waals surface area contributed by atoms with Crippen molar-refractivity contribution < 1.29 is 0 Å². The molecule has 0 amide bonds. The first-order chi connectivity index (χ1) is 8.16. The van der Waals surface area contributed by atoms with Crippen LogP contribution in [0, 0.1) is 25.7 Å². The summed E-state index contributed by atoms with van der Waals surface area (Å²) in [5.74, 6) is 1.83. The minimum Gasteiger partial charge on any atom is -0.385 e. The van der Waals surface area contributed by atoms with Crippen molar-refractivity contribution >= 4 is 5.69 Å². The molecular weight excluding hydrogens is 206 g/mol. The van der Waals surface area contributed by atoms with Crippen molar-refractivity contribution in [3.05, 3.63) is 29.3 Å². The molecule has 0 aromatic heterocycles. The van der Waals surface area contributed by atoms with Crippen LogP contribution in [0.2, 0.25) is 0 Å². The normalized spacial score (nSPS) is 24.6. The quantitative estimate of drug-likeness (QED) is 0.805. The minimum absolute atomic E-state index is 0.881. The van der Waals surface area contributed by atoms with Gasteiger partial charge in [0.15, 0.2) is 0 Å². The maximum atomic E-state index is 3.64. The predicted octanol–water partition coefficient (Wildman–Crippen LogP) is 4.54. The largest absolute Gasteiger partial charge is 0.385 e. The fraction of sp³-hybridized carbons (Fsp3) is 0.625. The number of nitrogens with one attached hydrogen (secondary N) is 1. The van der Waals surface area contributed by atoms with E-state index in [9.17, 15) is 0 Å². The molecule has 0 atom stereocenters. The molecule has 1 aliphatic rings. The topological polar surface area (TPSA) is 12.0 Å². The standard InChI is InChI=1S/C16H25N/c1-12-7-9-15(10-8-12)11-17-16-6-4-5-13(2)14(16)3/h4-6,12,15,17H,7-11H2,1-3H3. The number of benzene rings is 1. The SMILES string of the molecule is Cc1cccc(NCC2CCC(C)CC2)c1C. The fourth-order valence-corrected chi connectivity index (χ4v) is 2.73. The third-order valence-corrected chi connectivity index (χ3v) is 4.32. The van der Waals surface area contributed by atoms with Crippen LogP contribution in [0.1, 0.15) is 43.7 Å². The van der Waals surface area contributed by atoms with E-state index in [1.165, 1.54) is 42.5 Å².